The summed E-state index contributed by atoms with van der Waals surface area (Å²) in [6.07, 6.45) is 5.44. The molecule has 9 nitrogen and oxygen atoms in total. The van der Waals surface area contributed by atoms with Gasteiger partial charge in [-0.3, -0.25) is 9.36 Å². The van der Waals surface area contributed by atoms with Gasteiger partial charge in [0.15, 0.2) is 0 Å². The number of fused-ring (bicyclic) bond motifs is 1. The normalized spacial score (nSPS) is 24.2. The van der Waals surface area contributed by atoms with E-state index < -0.39 is 22.2 Å². The smallest absolute Gasteiger partial charge is 0.275 e. The molecule has 1 saturated carbocycles. The van der Waals surface area contributed by atoms with Crippen LogP contribution in [0.15, 0.2) is 17.1 Å². The van der Waals surface area contributed by atoms with Crippen LogP contribution in [0.3, 0.4) is 0 Å². The van der Waals surface area contributed by atoms with Crippen molar-refractivity contribution in [3.63, 3.8) is 0 Å². The third kappa shape index (κ3) is 3.93. The Labute approximate surface area is 168 Å². The molecular weight excluding hydrogens is 399 g/mol. The number of hydrogen-bond acceptors (Lipinski definition) is 7. The van der Waals surface area contributed by atoms with E-state index in [2.05, 4.69) is 15.3 Å². The number of nitrogens with one attached hydrogen (secondary N) is 1. The molecule has 158 valence electrons. The molecule has 3 N–H and O–H groups in total. The van der Waals surface area contributed by atoms with Crippen molar-refractivity contribution in [2.45, 2.75) is 50.4 Å². The first-order valence-electron chi connectivity index (χ1n) is 9.77. The summed E-state index contributed by atoms with van der Waals surface area (Å²) in [5.74, 6) is 0.217. The zero-order chi connectivity index (χ0) is 20.8. The number of aromatic nitrogens is 3. The molecule has 11 heteroatoms. The van der Waals surface area contributed by atoms with Crippen LogP contribution in [-0.2, 0) is 10.0 Å². The quantitative estimate of drug-likeness (QED) is 0.758. The van der Waals surface area contributed by atoms with Gasteiger partial charge in [0.05, 0.1) is 18.0 Å². The fourth-order valence-corrected chi connectivity index (χ4v) is 5.07. The van der Waals surface area contributed by atoms with Gasteiger partial charge in [-0.1, -0.05) is 12.8 Å². The largest absolute Gasteiger partial charge is 0.394 e. The molecule has 3 heterocycles. The predicted molar refractivity (Wildman–Crippen MR) is 109 cm³/mol. The van der Waals surface area contributed by atoms with Gasteiger partial charge in [-0.25, -0.2) is 17.8 Å². The van der Waals surface area contributed by atoms with Crippen molar-refractivity contribution in [2.75, 3.05) is 30.4 Å². The average molecular weight is 425 g/mol. The lowest BCUT2D eigenvalue weighted by atomic mass is 10.1. The van der Waals surface area contributed by atoms with Crippen molar-refractivity contribution < 1.29 is 12.8 Å². The van der Waals surface area contributed by atoms with E-state index in [1.54, 1.807) is 16.8 Å². The van der Waals surface area contributed by atoms with Crippen LogP contribution in [-0.4, -0.2) is 58.8 Å². The summed E-state index contributed by atoms with van der Waals surface area (Å²) in [7, 11) is -3.42. The van der Waals surface area contributed by atoms with Crippen LogP contribution in [0.2, 0.25) is 0 Å². The Bertz CT molecular complexity index is 1080. The van der Waals surface area contributed by atoms with Crippen LogP contribution in [0, 0.1) is 0 Å². The number of nitrogens with two attached hydrogens (primary N) is 1. The first-order chi connectivity index (χ1) is 13.7. The molecule has 0 amide bonds. The number of halogens is 1. The lowest BCUT2D eigenvalue weighted by molar-refractivity contribution is 0.186. The van der Waals surface area contributed by atoms with Gasteiger partial charge in [0.25, 0.3) is 5.56 Å². The minimum absolute atomic E-state index is 0.0446. The zero-order valence-electron chi connectivity index (χ0n) is 16.2. The van der Waals surface area contributed by atoms with Crippen molar-refractivity contribution in [2.24, 2.45) is 0 Å². The van der Waals surface area contributed by atoms with Gasteiger partial charge < -0.3 is 11.1 Å². The van der Waals surface area contributed by atoms with Gasteiger partial charge >= 0.3 is 0 Å². The summed E-state index contributed by atoms with van der Waals surface area (Å²) >= 11 is 0. The Morgan fingerprint density at radius 3 is 2.66 bits per heavy atom. The lowest BCUT2D eigenvalue weighted by Crippen LogP contribution is -2.49. The number of nitrogens with zero attached hydrogens (tertiary/aromatic N) is 4. The van der Waals surface area contributed by atoms with Crippen LogP contribution in [0.25, 0.3) is 11.0 Å². The van der Waals surface area contributed by atoms with E-state index in [-0.39, 0.29) is 36.3 Å². The summed E-state index contributed by atoms with van der Waals surface area (Å²) in [6, 6.07) is 1.00. The molecule has 1 saturated heterocycles. The molecule has 0 radical (unpaired) electrons. The molecule has 1 aliphatic carbocycles. The highest BCUT2D eigenvalue weighted by Crippen LogP contribution is 2.31. The van der Waals surface area contributed by atoms with Crippen LogP contribution in [0.4, 0.5) is 16.0 Å². The van der Waals surface area contributed by atoms with Crippen LogP contribution in [0.5, 0.6) is 0 Å². The Kier molecular flexibility index (Phi) is 5.19. The monoisotopic (exact) mass is 424 g/mol. The maximum atomic E-state index is 14.6. The zero-order valence-corrected chi connectivity index (χ0v) is 17.0. The minimum Gasteiger partial charge on any atom is -0.394 e. The van der Waals surface area contributed by atoms with E-state index in [0.717, 1.165) is 36.2 Å². The Morgan fingerprint density at radius 2 is 2.00 bits per heavy atom. The molecule has 2 aliphatic rings. The molecule has 4 rings (SSSR count). The molecule has 0 spiro atoms. The second kappa shape index (κ2) is 7.52. The second-order valence-corrected chi connectivity index (χ2v) is 9.84. The molecule has 2 aromatic rings. The van der Waals surface area contributed by atoms with E-state index in [0.29, 0.717) is 17.5 Å². The van der Waals surface area contributed by atoms with Gasteiger partial charge in [-0.05, 0) is 25.3 Å². The van der Waals surface area contributed by atoms with E-state index in [1.807, 2.05) is 0 Å². The maximum absolute atomic E-state index is 14.6. The van der Waals surface area contributed by atoms with Gasteiger partial charge in [0, 0.05) is 30.7 Å². The summed E-state index contributed by atoms with van der Waals surface area (Å²) in [4.78, 5) is 21.4. The van der Waals surface area contributed by atoms with E-state index in [9.17, 15) is 17.6 Å². The third-order valence-corrected chi connectivity index (χ3v) is 7.05. The number of rotatable bonds is 4. The fraction of sp³-hybridized carbons (Fsp3) is 0.611. The second-order valence-electron chi connectivity index (χ2n) is 7.86. The summed E-state index contributed by atoms with van der Waals surface area (Å²) in [5.41, 5.74) is 6.28. The maximum Gasteiger partial charge on any atom is 0.275 e. The highest BCUT2D eigenvalue weighted by atomic mass is 32.2. The van der Waals surface area contributed by atoms with Crippen molar-refractivity contribution in [3.8, 4) is 0 Å². The van der Waals surface area contributed by atoms with Crippen molar-refractivity contribution in [3.05, 3.63) is 22.6 Å². The third-order valence-electron chi connectivity index (χ3n) is 5.78. The topological polar surface area (TPSA) is 123 Å². The summed E-state index contributed by atoms with van der Waals surface area (Å²) in [5, 5.41) is 3.64. The number of hydrogen-bond donors (Lipinski definition) is 2. The molecule has 29 heavy (non-hydrogen) atoms. The standard InChI is InChI=1S/C18H25FN6O3S/c1-29(27,28)24-7-6-15(13(19)10-24)22-18-21-9-11-8-14(20)17(26)25(16(11)23-18)12-4-2-3-5-12/h8-9,12-13,15H,2-7,10,20H2,1H3,(H,21,22,23)/t13-,15+/m1/s1. The average Bonchev–Trinajstić information content (AvgIpc) is 3.18. The van der Waals surface area contributed by atoms with Crippen molar-refractivity contribution in [1.29, 1.82) is 0 Å². The number of sulfonamides is 1. The molecule has 2 atom stereocenters. The highest BCUT2D eigenvalue weighted by Gasteiger charge is 2.33. The van der Waals surface area contributed by atoms with Crippen molar-refractivity contribution >= 4 is 32.7 Å². The van der Waals surface area contributed by atoms with Crippen LogP contribution >= 0.6 is 0 Å². The molecule has 0 aromatic carbocycles. The first-order valence-corrected chi connectivity index (χ1v) is 11.6. The van der Waals surface area contributed by atoms with Crippen LogP contribution in [0.1, 0.15) is 38.1 Å². The lowest BCUT2D eigenvalue weighted by Gasteiger charge is -2.33. The SMILES string of the molecule is CS(=O)(=O)N1CC[C@H](Nc2ncc3cc(N)c(=O)n(C4CCCC4)c3n2)[C@H](F)C1. The number of pyridine rings is 1. The molecular formula is C18H25FN6O3S. The first kappa shape index (κ1) is 20.0. The fourth-order valence-electron chi connectivity index (χ4n) is 4.22. The number of nitrogen functional groups attached to an aromatic ring is 1. The van der Waals surface area contributed by atoms with Gasteiger partial charge in [0.1, 0.15) is 11.8 Å². The molecule has 1 aliphatic heterocycles. The Morgan fingerprint density at radius 1 is 1.28 bits per heavy atom. The number of alkyl halides is 1. The highest BCUT2D eigenvalue weighted by molar-refractivity contribution is 7.88. The predicted octanol–water partition coefficient (Wildman–Crippen LogP) is 1.27. The number of piperidine rings is 1. The van der Waals surface area contributed by atoms with Crippen LogP contribution < -0.4 is 16.6 Å². The molecule has 0 bridgehead atoms. The molecule has 2 fully saturated rings. The Balaban J connectivity index is 1.63. The molecule has 2 aromatic heterocycles. The van der Waals surface area contributed by atoms with Crippen molar-refractivity contribution in [1.82, 2.24) is 18.8 Å². The number of anilines is 2. The van der Waals surface area contributed by atoms with E-state index in [1.165, 1.54) is 0 Å². The van der Waals surface area contributed by atoms with Gasteiger partial charge in [0.2, 0.25) is 16.0 Å². The van der Waals surface area contributed by atoms with Gasteiger partial charge in [-0.2, -0.15) is 9.29 Å². The minimum atomic E-state index is -3.42. The van der Waals surface area contributed by atoms with E-state index in [4.69, 9.17) is 5.73 Å². The summed E-state index contributed by atoms with van der Waals surface area (Å²) in [6.45, 7) is 0.0290. The molecule has 0 unspecified atom stereocenters. The van der Waals surface area contributed by atoms with E-state index >= 15 is 0 Å². The van der Waals surface area contributed by atoms with Gasteiger partial charge in [-0.15, -0.1) is 0 Å². The Hall–Kier alpha value is -2.27. The summed E-state index contributed by atoms with van der Waals surface area (Å²) < 4.78 is 40.6.